The van der Waals surface area contributed by atoms with E-state index in [0.29, 0.717) is 13.0 Å². The summed E-state index contributed by atoms with van der Waals surface area (Å²) in [7, 11) is 1.62. The summed E-state index contributed by atoms with van der Waals surface area (Å²) in [5, 5.41) is 2.69. The summed E-state index contributed by atoms with van der Waals surface area (Å²) >= 11 is 0. The van der Waals surface area contributed by atoms with Crippen LogP contribution in [0.25, 0.3) is 0 Å². The number of hydrogen-bond acceptors (Lipinski definition) is 2. The first kappa shape index (κ1) is 18.9. The van der Waals surface area contributed by atoms with Gasteiger partial charge in [0.1, 0.15) is 0 Å². The number of para-hydroxylation sites is 1. The first-order valence-corrected chi connectivity index (χ1v) is 9.27. The molecule has 0 radical (unpaired) electrons. The molecule has 0 saturated carbocycles. The lowest BCUT2D eigenvalue weighted by Crippen LogP contribution is -2.43. The Morgan fingerprint density at radius 2 is 1.74 bits per heavy atom. The molecule has 0 bridgehead atoms. The number of anilines is 1. The number of allylic oxidation sites excluding steroid dienone is 2. The van der Waals surface area contributed by atoms with Crippen LogP contribution in [0.1, 0.15) is 37.8 Å². The van der Waals surface area contributed by atoms with E-state index in [0.717, 1.165) is 22.4 Å². The van der Waals surface area contributed by atoms with Crippen molar-refractivity contribution in [3.05, 3.63) is 77.4 Å². The Balaban J connectivity index is 2.08. The zero-order valence-corrected chi connectivity index (χ0v) is 16.2. The van der Waals surface area contributed by atoms with E-state index in [2.05, 4.69) is 11.4 Å². The van der Waals surface area contributed by atoms with Crippen molar-refractivity contribution in [1.82, 2.24) is 5.32 Å². The lowest BCUT2D eigenvalue weighted by molar-refractivity contribution is -0.129. The monoisotopic (exact) mass is 362 g/mol. The van der Waals surface area contributed by atoms with Crippen LogP contribution in [0.15, 0.2) is 66.2 Å². The quantitative estimate of drug-likeness (QED) is 0.791. The highest BCUT2D eigenvalue weighted by molar-refractivity contribution is 6.10. The zero-order chi connectivity index (χ0) is 19.4. The van der Waals surface area contributed by atoms with Gasteiger partial charge in [0.15, 0.2) is 0 Å². The molecule has 0 unspecified atom stereocenters. The molecule has 1 aliphatic heterocycles. The molecule has 0 aliphatic carbocycles. The second-order valence-electron chi connectivity index (χ2n) is 7.31. The molecule has 3 rings (SSSR count). The number of nitrogens with zero attached hydrogens (tertiary/aromatic N) is 1. The molecule has 2 aromatic carbocycles. The van der Waals surface area contributed by atoms with E-state index in [1.807, 2.05) is 73.3 Å². The largest absolute Gasteiger partial charge is 0.359 e. The third-order valence-electron chi connectivity index (χ3n) is 5.15. The smallest absolute Gasteiger partial charge is 0.238 e. The van der Waals surface area contributed by atoms with Crippen molar-refractivity contribution in [2.75, 3.05) is 11.9 Å². The predicted molar refractivity (Wildman–Crippen MR) is 108 cm³/mol. The van der Waals surface area contributed by atoms with E-state index in [1.54, 1.807) is 7.05 Å². The summed E-state index contributed by atoms with van der Waals surface area (Å²) < 4.78 is 0. The van der Waals surface area contributed by atoms with Gasteiger partial charge in [-0.1, -0.05) is 60.2 Å². The van der Waals surface area contributed by atoms with E-state index in [-0.39, 0.29) is 18.2 Å². The third-order valence-corrected chi connectivity index (χ3v) is 5.15. The molecule has 27 heavy (non-hydrogen) atoms. The fourth-order valence-electron chi connectivity index (χ4n) is 3.70. The third kappa shape index (κ3) is 3.65. The topological polar surface area (TPSA) is 49.4 Å². The van der Waals surface area contributed by atoms with Crippen LogP contribution in [0.3, 0.4) is 0 Å². The molecule has 2 aromatic rings. The van der Waals surface area contributed by atoms with Crippen LogP contribution >= 0.6 is 0 Å². The molecular weight excluding hydrogens is 336 g/mol. The maximum Gasteiger partial charge on any atom is 0.238 e. The molecule has 1 heterocycles. The summed E-state index contributed by atoms with van der Waals surface area (Å²) in [5.74, 6) is -0.129. The molecule has 1 atom stereocenters. The van der Waals surface area contributed by atoms with Crippen LogP contribution in [-0.2, 0) is 21.5 Å². The SMILES string of the molecule is CNC(=O)C[C@@]1(CC=C(C)C)C(=O)N(Cc2ccccc2)c2ccccc21. The molecule has 0 aromatic heterocycles. The second kappa shape index (κ2) is 7.78. The standard InChI is InChI=1S/C23H26N2O2/c1-17(2)13-14-23(15-21(26)24-3)19-11-7-8-12-20(19)25(22(23)27)16-18-9-5-4-6-10-18/h4-13H,14-16H2,1-3H3,(H,24,26)/t23-/m1/s1. The molecule has 0 saturated heterocycles. The Bertz CT molecular complexity index is 869. The number of amides is 2. The van der Waals surface area contributed by atoms with E-state index in [1.165, 1.54) is 0 Å². The minimum Gasteiger partial charge on any atom is -0.359 e. The van der Waals surface area contributed by atoms with Crippen molar-refractivity contribution in [2.24, 2.45) is 0 Å². The molecule has 1 N–H and O–H groups in total. The van der Waals surface area contributed by atoms with Crippen LogP contribution in [-0.4, -0.2) is 18.9 Å². The number of benzene rings is 2. The van der Waals surface area contributed by atoms with Gasteiger partial charge in [-0.3, -0.25) is 9.59 Å². The van der Waals surface area contributed by atoms with Gasteiger partial charge in [0.2, 0.25) is 11.8 Å². The Labute approximate surface area is 160 Å². The Kier molecular flexibility index (Phi) is 5.45. The van der Waals surface area contributed by atoms with Gasteiger partial charge in [-0.2, -0.15) is 0 Å². The van der Waals surface area contributed by atoms with E-state index in [4.69, 9.17) is 0 Å². The molecule has 4 heteroatoms. The molecule has 4 nitrogen and oxygen atoms in total. The summed E-state index contributed by atoms with van der Waals surface area (Å²) in [4.78, 5) is 27.8. The zero-order valence-electron chi connectivity index (χ0n) is 16.2. The summed E-state index contributed by atoms with van der Waals surface area (Å²) in [6.45, 7) is 4.53. The maximum atomic E-state index is 13.7. The number of nitrogens with one attached hydrogen (secondary N) is 1. The van der Waals surface area contributed by atoms with Gasteiger partial charge in [-0.05, 0) is 37.5 Å². The van der Waals surface area contributed by atoms with Crippen LogP contribution in [0.4, 0.5) is 5.69 Å². The van der Waals surface area contributed by atoms with Gasteiger partial charge in [0.25, 0.3) is 0 Å². The van der Waals surface area contributed by atoms with Crippen LogP contribution in [0.5, 0.6) is 0 Å². The predicted octanol–water partition coefficient (Wildman–Crippen LogP) is 3.96. The van der Waals surface area contributed by atoms with Crippen molar-refractivity contribution in [3.8, 4) is 0 Å². The lowest BCUT2D eigenvalue weighted by Gasteiger charge is -2.27. The number of hydrogen-bond donors (Lipinski definition) is 1. The Morgan fingerprint density at radius 1 is 1.07 bits per heavy atom. The van der Waals surface area contributed by atoms with Crippen LogP contribution < -0.4 is 10.2 Å². The molecule has 0 spiro atoms. The Morgan fingerprint density at radius 3 is 2.41 bits per heavy atom. The van der Waals surface area contributed by atoms with Gasteiger partial charge < -0.3 is 10.2 Å². The van der Waals surface area contributed by atoms with Crippen molar-refractivity contribution in [3.63, 3.8) is 0 Å². The first-order chi connectivity index (χ1) is 13.0. The van der Waals surface area contributed by atoms with Crippen molar-refractivity contribution in [1.29, 1.82) is 0 Å². The molecular formula is C23H26N2O2. The minimum atomic E-state index is -0.858. The Hall–Kier alpha value is -2.88. The van der Waals surface area contributed by atoms with E-state index >= 15 is 0 Å². The van der Waals surface area contributed by atoms with Crippen molar-refractivity contribution >= 4 is 17.5 Å². The lowest BCUT2D eigenvalue weighted by atomic mass is 9.75. The van der Waals surface area contributed by atoms with Gasteiger partial charge in [0, 0.05) is 19.2 Å². The number of carbonyl (C=O) groups excluding carboxylic acids is 2. The average Bonchev–Trinajstić information content (AvgIpc) is 2.90. The summed E-state index contributed by atoms with van der Waals surface area (Å²) in [6, 6.07) is 17.8. The number of carbonyl (C=O) groups is 2. The molecule has 2 amide bonds. The highest BCUT2D eigenvalue weighted by Crippen LogP contribution is 2.47. The number of fused-ring (bicyclic) bond motifs is 1. The van der Waals surface area contributed by atoms with Gasteiger partial charge >= 0.3 is 0 Å². The maximum absolute atomic E-state index is 13.7. The van der Waals surface area contributed by atoms with Crippen LogP contribution in [0, 0.1) is 0 Å². The summed E-state index contributed by atoms with van der Waals surface area (Å²) in [6.07, 6.45) is 2.72. The fourth-order valence-corrected chi connectivity index (χ4v) is 3.70. The molecule has 140 valence electrons. The highest BCUT2D eigenvalue weighted by Gasteiger charge is 2.51. The van der Waals surface area contributed by atoms with Crippen molar-refractivity contribution < 1.29 is 9.59 Å². The summed E-state index contributed by atoms with van der Waals surface area (Å²) in [5.41, 5.74) is 3.18. The number of rotatable bonds is 6. The van der Waals surface area contributed by atoms with Crippen LogP contribution in [0.2, 0.25) is 0 Å². The van der Waals surface area contributed by atoms with E-state index < -0.39 is 5.41 Å². The first-order valence-electron chi connectivity index (χ1n) is 9.27. The van der Waals surface area contributed by atoms with Gasteiger partial charge in [-0.25, -0.2) is 0 Å². The molecule has 1 aliphatic rings. The fraction of sp³-hybridized carbons (Fsp3) is 0.304. The molecule has 0 fully saturated rings. The van der Waals surface area contributed by atoms with Gasteiger partial charge in [-0.15, -0.1) is 0 Å². The highest BCUT2D eigenvalue weighted by atomic mass is 16.2. The van der Waals surface area contributed by atoms with Gasteiger partial charge in [0.05, 0.1) is 12.0 Å². The van der Waals surface area contributed by atoms with E-state index in [9.17, 15) is 9.59 Å². The van der Waals surface area contributed by atoms with Crippen molar-refractivity contribution in [2.45, 2.75) is 38.6 Å². The minimum absolute atomic E-state index is 0.00588. The second-order valence-corrected chi connectivity index (χ2v) is 7.31. The average molecular weight is 362 g/mol. The normalized spacial score (nSPS) is 18.2.